The lowest BCUT2D eigenvalue weighted by atomic mass is 10.0. The van der Waals surface area contributed by atoms with Crippen molar-refractivity contribution in [2.24, 2.45) is 5.92 Å². The number of benzene rings is 1. The van der Waals surface area contributed by atoms with Crippen molar-refractivity contribution in [2.75, 3.05) is 17.2 Å². The van der Waals surface area contributed by atoms with Crippen LogP contribution in [0.15, 0.2) is 36.7 Å². The number of hydrogen-bond acceptors (Lipinski definition) is 7. The normalized spacial score (nSPS) is 23.0. The fourth-order valence-corrected chi connectivity index (χ4v) is 5.22. The molecule has 4 heterocycles. The van der Waals surface area contributed by atoms with Gasteiger partial charge in [0.2, 0.25) is 5.13 Å². The Hall–Kier alpha value is -3.14. The lowest BCUT2D eigenvalue weighted by Crippen LogP contribution is -2.34. The predicted octanol–water partition coefficient (Wildman–Crippen LogP) is 3.23. The number of aromatic nitrogens is 5. The Morgan fingerprint density at radius 1 is 1.21 bits per heavy atom. The largest absolute Gasteiger partial charge is 0.374 e. The summed E-state index contributed by atoms with van der Waals surface area (Å²) in [5, 5.41) is 13.3. The number of rotatable bonds is 3. The molecule has 146 valence electrons. The molecule has 2 fully saturated rings. The number of fused-ring (bicyclic) bond motifs is 2. The van der Waals surface area contributed by atoms with E-state index in [1.165, 1.54) is 23.5 Å². The van der Waals surface area contributed by atoms with Gasteiger partial charge in [-0.05, 0) is 43.0 Å². The number of piperidine rings is 1. The maximum Gasteiger partial charge on any atom is 0.203 e. The van der Waals surface area contributed by atoms with Crippen LogP contribution < -0.4 is 10.6 Å². The Morgan fingerprint density at radius 3 is 2.90 bits per heavy atom. The van der Waals surface area contributed by atoms with Gasteiger partial charge in [-0.1, -0.05) is 11.3 Å². The Kier molecular flexibility index (Phi) is 3.29. The molecule has 1 saturated carbocycles. The van der Waals surface area contributed by atoms with Crippen LogP contribution in [0.25, 0.3) is 16.2 Å². The number of nitrogens with zero attached hydrogens (tertiary/aromatic N) is 6. The third-order valence-electron chi connectivity index (χ3n) is 5.95. The first kappa shape index (κ1) is 16.8. The molecule has 2 aliphatic rings. The van der Waals surface area contributed by atoms with Crippen LogP contribution in [0.3, 0.4) is 0 Å². The minimum Gasteiger partial charge on any atom is -0.374 e. The van der Waals surface area contributed by atoms with E-state index in [0.717, 1.165) is 31.0 Å². The van der Waals surface area contributed by atoms with E-state index in [-0.39, 0.29) is 5.82 Å². The molecule has 7 nitrogen and oxygen atoms in total. The zero-order valence-electron chi connectivity index (χ0n) is 15.1. The predicted molar refractivity (Wildman–Crippen MR) is 104 cm³/mol. The summed E-state index contributed by atoms with van der Waals surface area (Å²) in [6, 6.07) is 5.54. The van der Waals surface area contributed by atoms with E-state index in [9.17, 15) is 8.78 Å². The second kappa shape index (κ2) is 5.69. The number of halogens is 2. The summed E-state index contributed by atoms with van der Waals surface area (Å²) in [6.07, 6.45) is 5.20. The average Bonchev–Trinajstić information content (AvgIpc) is 3.05. The first-order chi connectivity index (χ1) is 14.1. The molecule has 3 aromatic heterocycles. The monoisotopic (exact) mass is 411 g/mol. The van der Waals surface area contributed by atoms with Gasteiger partial charge in [0, 0.05) is 18.3 Å². The standard InChI is InChI=1S/C19H15F2N7S/c20-11-1-2-14(21)13(7-11)19-8-10(19)3-5-27(19)15-4-6-28-16(24-15)12(9-23-28)17-25-26-18(22)29-17/h1-2,4,6-7,9-10H,3,5,8H2,(H2,22,26)/t10-,19+/m0/s1. The molecule has 6 rings (SSSR count). The summed E-state index contributed by atoms with van der Waals surface area (Å²) in [4.78, 5) is 6.91. The molecule has 1 aliphatic carbocycles. The summed E-state index contributed by atoms with van der Waals surface area (Å²) >= 11 is 1.26. The minimum atomic E-state index is -0.537. The summed E-state index contributed by atoms with van der Waals surface area (Å²) in [6.45, 7) is 0.735. The summed E-state index contributed by atoms with van der Waals surface area (Å²) in [5.41, 5.74) is 6.94. The molecule has 0 spiro atoms. The van der Waals surface area contributed by atoms with Gasteiger partial charge in [0.1, 0.15) is 17.5 Å². The Labute approximate surface area is 167 Å². The van der Waals surface area contributed by atoms with Crippen molar-refractivity contribution in [1.82, 2.24) is 24.8 Å². The van der Waals surface area contributed by atoms with Crippen molar-refractivity contribution in [2.45, 2.75) is 18.4 Å². The van der Waals surface area contributed by atoms with Crippen LogP contribution in [-0.2, 0) is 5.54 Å². The smallest absolute Gasteiger partial charge is 0.203 e. The molecular weight excluding hydrogens is 396 g/mol. The molecule has 29 heavy (non-hydrogen) atoms. The van der Waals surface area contributed by atoms with E-state index < -0.39 is 11.4 Å². The van der Waals surface area contributed by atoms with Crippen LogP contribution in [0, 0.1) is 17.6 Å². The van der Waals surface area contributed by atoms with Crippen molar-refractivity contribution >= 4 is 27.9 Å². The third kappa shape index (κ3) is 2.32. The van der Waals surface area contributed by atoms with Gasteiger partial charge in [-0.2, -0.15) is 5.10 Å². The second-order valence-corrected chi connectivity index (χ2v) is 8.46. The number of hydrogen-bond donors (Lipinski definition) is 1. The Morgan fingerprint density at radius 2 is 2.10 bits per heavy atom. The topological polar surface area (TPSA) is 85.2 Å². The number of anilines is 2. The highest BCUT2D eigenvalue weighted by Crippen LogP contribution is 2.63. The van der Waals surface area contributed by atoms with Crippen molar-refractivity contribution < 1.29 is 8.78 Å². The van der Waals surface area contributed by atoms with Gasteiger partial charge in [-0.15, -0.1) is 10.2 Å². The minimum absolute atomic E-state index is 0.296. The molecule has 1 aliphatic heterocycles. The lowest BCUT2D eigenvalue weighted by Gasteiger charge is -2.30. The molecule has 0 unspecified atom stereocenters. The zero-order valence-corrected chi connectivity index (χ0v) is 15.9. The van der Waals surface area contributed by atoms with Gasteiger partial charge in [0.25, 0.3) is 0 Å². The fourth-order valence-electron chi connectivity index (χ4n) is 4.60. The van der Waals surface area contributed by atoms with Crippen molar-refractivity contribution in [3.05, 3.63) is 53.9 Å². The van der Waals surface area contributed by atoms with Gasteiger partial charge in [0.05, 0.1) is 17.3 Å². The van der Waals surface area contributed by atoms with Gasteiger partial charge in [-0.25, -0.2) is 18.3 Å². The van der Waals surface area contributed by atoms with Crippen LogP contribution in [0.5, 0.6) is 0 Å². The van der Waals surface area contributed by atoms with Crippen LogP contribution >= 0.6 is 11.3 Å². The van der Waals surface area contributed by atoms with Gasteiger partial charge >= 0.3 is 0 Å². The van der Waals surface area contributed by atoms with E-state index >= 15 is 0 Å². The zero-order chi connectivity index (χ0) is 19.8. The highest BCUT2D eigenvalue weighted by atomic mass is 32.1. The summed E-state index contributed by atoms with van der Waals surface area (Å²) < 4.78 is 30.2. The van der Waals surface area contributed by atoms with Gasteiger partial charge in [0.15, 0.2) is 10.7 Å². The molecule has 2 atom stereocenters. The molecule has 4 aromatic rings. The maximum absolute atomic E-state index is 14.6. The number of nitrogens with two attached hydrogens (primary N) is 1. The van der Waals surface area contributed by atoms with E-state index in [4.69, 9.17) is 10.7 Å². The van der Waals surface area contributed by atoms with E-state index in [1.54, 1.807) is 10.7 Å². The third-order valence-corrected chi connectivity index (χ3v) is 6.74. The highest BCUT2D eigenvalue weighted by molar-refractivity contribution is 7.18. The van der Waals surface area contributed by atoms with Crippen LogP contribution in [0.2, 0.25) is 0 Å². The molecule has 0 amide bonds. The van der Waals surface area contributed by atoms with Crippen molar-refractivity contribution in [1.29, 1.82) is 0 Å². The van der Waals surface area contributed by atoms with Crippen LogP contribution in [0.4, 0.5) is 19.7 Å². The van der Waals surface area contributed by atoms with Crippen molar-refractivity contribution in [3.8, 4) is 10.6 Å². The van der Waals surface area contributed by atoms with E-state index in [1.807, 2.05) is 12.3 Å². The molecule has 1 saturated heterocycles. The van der Waals surface area contributed by atoms with Crippen LogP contribution in [0.1, 0.15) is 18.4 Å². The van der Waals surface area contributed by atoms with E-state index in [0.29, 0.717) is 33.1 Å². The van der Waals surface area contributed by atoms with Gasteiger partial charge in [-0.3, -0.25) is 0 Å². The molecular formula is C19H15F2N7S. The fraction of sp³-hybridized carbons (Fsp3) is 0.263. The first-order valence-corrected chi connectivity index (χ1v) is 10.0. The van der Waals surface area contributed by atoms with Gasteiger partial charge < -0.3 is 10.6 Å². The first-order valence-electron chi connectivity index (χ1n) is 9.23. The molecule has 2 N–H and O–H groups in total. The summed E-state index contributed by atoms with van der Waals surface area (Å²) in [7, 11) is 0. The SMILES string of the molecule is Nc1nnc(-c2cnn3ccc(N4CC[C@H]5C[C@]54c4cc(F)ccc4F)nc23)s1. The van der Waals surface area contributed by atoms with E-state index in [2.05, 4.69) is 20.2 Å². The molecule has 10 heteroatoms. The highest BCUT2D eigenvalue weighted by Gasteiger charge is 2.64. The number of nitrogen functional groups attached to an aromatic ring is 1. The summed E-state index contributed by atoms with van der Waals surface area (Å²) in [5.74, 6) is 0.199. The Bertz CT molecular complexity index is 1270. The molecule has 0 bridgehead atoms. The van der Waals surface area contributed by atoms with Crippen LogP contribution in [-0.4, -0.2) is 31.3 Å². The van der Waals surface area contributed by atoms with Crippen molar-refractivity contribution in [3.63, 3.8) is 0 Å². The quantitative estimate of drug-likeness (QED) is 0.557. The Balaban J connectivity index is 1.47. The average molecular weight is 411 g/mol. The molecule has 0 radical (unpaired) electrons. The molecule has 1 aromatic carbocycles. The second-order valence-electron chi connectivity index (χ2n) is 7.45. The lowest BCUT2D eigenvalue weighted by molar-refractivity contribution is 0.544. The maximum atomic E-state index is 14.6.